The van der Waals surface area contributed by atoms with Crippen molar-refractivity contribution < 1.29 is 20.1 Å². The van der Waals surface area contributed by atoms with Gasteiger partial charge >= 0.3 is 5.69 Å². The van der Waals surface area contributed by atoms with Crippen molar-refractivity contribution in [2.75, 3.05) is 6.61 Å². The van der Waals surface area contributed by atoms with Gasteiger partial charge in [-0.3, -0.25) is 9.78 Å². The summed E-state index contributed by atoms with van der Waals surface area (Å²) in [6, 6.07) is 0. The van der Waals surface area contributed by atoms with E-state index in [2.05, 4.69) is 10.1 Å². The lowest BCUT2D eigenvalue weighted by Gasteiger charge is -2.36. The van der Waals surface area contributed by atoms with Gasteiger partial charge in [-0.05, 0) is 6.92 Å². The van der Waals surface area contributed by atoms with Crippen molar-refractivity contribution in [1.29, 1.82) is 0 Å². The van der Waals surface area contributed by atoms with E-state index < -0.39 is 42.4 Å². The van der Waals surface area contributed by atoms with Gasteiger partial charge in [0.05, 0.1) is 12.7 Å². The molecule has 1 aromatic heterocycles. The van der Waals surface area contributed by atoms with E-state index in [1.54, 1.807) is 0 Å². The molecule has 2 rings (SSSR count). The van der Waals surface area contributed by atoms with Crippen molar-refractivity contribution in [2.45, 2.75) is 37.9 Å². The number of ether oxygens (including phenoxy) is 1. The predicted octanol–water partition coefficient (Wildman–Crippen LogP) is -2.76. The molecule has 106 valence electrons. The van der Waals surface area contributed by atoms with Crippen LogP contribution in [0.3, 0.4) is 0 Å². The van der Waals surface area contributed by atoms with Crippen molar-refractivity contribution in [3.63, 3.8) is 0 Å². The zero-order valence-electron chi connectivity index (χ0n) is 10.2. The topological polar surface area (TPSA) is 138 Å². The second-order valence-electron chi connectivity index (χ2n) is 4.39. The van der Waals surface area contributed by atoms with Crippen LogP contribution in [0.25, 0.3) is 0 Å². The van der Waals surface area contributed by atoms with Gasteiger partial charge in [-0.1, -0.05) is 0 Å². The Morgan fingerprint density at radius 3 is 2.79 bits per heavy atom. The van der Waals surface area contributed by atoms with E-state index in [9.17, 15) is 19.8 Å². The van der Waals surface area contributed by atoms with Crippen molar-refractivity contribution in [3.05, 3.63) is 26.5 Å². The molecule has 2 heterocycles. The first kappa shape index (κ1) is 13.9. The van der Waals surface area contributed by atoms with Gasteiger partial charge in [-0.25, -0.2) is 4.79 Å². The predicted molar refractivity (Wildman–Crippen MR) is 61.5 cm³/mol. The maximum Gasteiger partial charge on any atom is 0.347 e. The summed E-state index contributed by atoms with van der Waals surface area (Å²) in [4.78, 5) is 24.9. The molecule has 4 atom stereocenters. The smallest absolute Gasteiger partial charge is 0.347 e. The molecule has 0 saturated carbocycles. The van der Waals surface area contributed by atoms with E-state index in [1.807, 2.05) is 0 Å². The molecule has 1 aromatic rings. The normalized spacial score (nSPS) is 31.4. The highest BCUT2D eigenvalue weighted by atomic mass is 16.5. The summed E-state index contributed by atoms with van der Waals surface area (Å²) in [7, 11) is 0. The van der Waals surface area contributed by atoms with Crippen LogP contribution in [0, 0.1) is 6.92 Å². The first-order valence-corrected chi connectivity index (χ1v) is 5.76. The van der Waals surface area contributed by atoms with Crippen LogP contribution in [0.5, 0.6) is 0 Å². The lowest BCUT2D eigenvalue weighted by molar-refractivity contribution is -0.205. The zero-order valence-corrected chi connectivity index (χ0v) is 10.2. The molecular formula is C10H15N3O6. The maximum absolute atomic E-state index is 11.6. The minimum absolute atomic E-state index is 0.0734. The van der Waals surface area contributed by atoms with Crippen LogP contribution in [0.15, 0.2) is 9.59 Å². The van der Waals surface area contributed by atoms with E-state index in [0.717, 1.165) is 4.68 Å². The van der Waals surface area contributed by atoms with Crippen molar-refractivity contribution in [3.8, 4) is 0 Å². The van der Waals surface area contributed by atoms with Crippen LogP contribution >= 0.6 is 0 Å². The summed E-state index contributed by atoms with van der Waals surface area (Å²) >= 11 is 0. The summed E-state index contributed by atoms with van der Waals surface area (Å²) in [6.45, 7) is 0.915. The lowest BCUT2D eigenvalue weighted by Crippen LogP contribution is -2.50. The number of hydrogen-bond donors (Lipinski definition) is 4. The molecule has 1 aliphatic heterocycles. The number of aliphatic hydroxyl groups is 3. The quantitative estimate of drug-likeness (QED) is 0.458. The lowest BCUT2D eigenvalue weighted by atomic mass is 10.0. The standard InChI is InChI=1S/C10H15N3O6/c1-4-9(17)11-10(18)13(12-4)7-2-5(15)8(16)6(3-14)19-7/h5-8,14-16H,2-3H2,1H3,(H,11,17,18)/t5-,6+,7+,8+/m1/s1. The Labute approximate surface area is 107 Å². The number of aliphatic hydroxyl groups excluding tert-OH is 3. The fraction of sp³-hybridized carbons (Fsp3) is 0.700. The highest BCUT2D eigenvalue weighted by Gasteiger charge is 2.38. The Hall–Kier alpha value is -1.55. The van der Waals surface area contributed by atoms with E-state index in [-0.39, 0.29) is 12.1 Å². The maximum atomic E-state index is 11.6. The Bertz CT molecular complexity index is 567. The summed E-state index contributed by atoms with van der Waals surface area (Å²) < 4.78 is 6.18. The zero-order chi connectivity index (χ0) is 14.2. The van der Waals surface area contributed by atoms with Crippen LogP contribution in [0.2, 0.25) is 0 Å². The van der Waals surface area contributed by atoms with Crippen molar-refractivity contribution in [2.24, 2.45) is 0 Å². The molecule has 0 spiro atoms. The number of hydrogen-bond acceptors (Lipinski definition) is 7. The molecule has 0 bridgehead atoms. The molecule has 0 radical (unpaired) electrons. The average Bonchev–Trinajstić information content (AvgIpc) is 2.37. The number of aromatic nitrogens is 3. The molecule has 1 fully saturated rings. The molecule has 4 N–H and O–H groups in total. The number of rotatable bonds is 2. The first-order valence-electron chi connectivity index (χ1n) is 5.76. The first-order chi connectivity index (χ1) is 8.93. The van der Waals surface area contributed by atoms with E-state index >= 15 is 0 Å². The molecule has 9 heteroatoms. The molecule has 0 amide bonds. The second kappa shape index (κ2) is 5.21. The molecule has 1 aliphatic rings. The van der Waals surface area contributed by atoms with Crippen LogP contribution in [0.1, 0.15) is 18.3 Å². The highest BCUT2D eigenvalue weighted by Crippen LogP contribution is 2.25. The monoisotopic (exact) mass is 273 g/mol. The second-order valence-corrected chi connectivity index (χ2v) is 4.39. The summed E-state index contributed by atoms with van der Waals surface area (Å²) in [5.74, 6) is 0. The van der Waals surface area contributed by atoms with Gasteiger partial charge in [-0.2, -0.15) is 9.78 Å². The average molecular weight is 273 g/mol. The molecular weight excluding hydrogens is 258 g/mol. The van der Waals surface area contributed by atoms with Crippen LogP contribution in [-0.4, -0.2) is 55.0 Å². The van der Waals surface area contributed by atoms with Gasteiger partial charge in [0.1, 0.15) is 17.9 Å². The SMILES string of the molecule is Cc1nn([C@@H]2C[C@@H](O)[C@H](O)[C@H](CO)O2)c(=O)[nH]c1=O. The third-order valence-corrected chi connectivity index (χ3v) is 3.02. The van der Waals surface area contributed by atoms with E-state index in [1.165, 1.54) is 6.92 Å². The molecule has 0 aliphatic carbocycles. The molecule has 19 heavy (non-hydrogen) atoms. The Balaban J connectivity index is 2.35. The van der Waals surface area contributed by atoms with Crippen LogP contribution in [0.4, 0.5) is 0 Å². The summed E-state index contributed by atoms with van der Waals surface area (Å²) in [6.07, 6.45) is -4.44. The van der Waals surface area contributed by atoms with Crippen LogP contribution in [-0.2, 0) is 4.74 Å². The minimum Gasteiger partial charge on any atom is -0.394 e. The van der Waals surface area contributed by atoms with Gasteiger partial charge < -0.3 is 20.1 Å². The summed E-state index contributed by atoms with van der Waals surface area (Å²) in [5.41, 5.74) is -1.30. The minimum atomic E-state index is -1.24. The largest absolute Gasteiger partial charge is 0.394 e. The highest BCUT2D eigenvalue weighted by molar-refractivity contribution is 4.90. The van der Waals surface area contributed by atoms with Gasteiger partial charge in [0.25, 0.3) is 5.56 Å². The molecule has 0 unspecified atom stereocenters. The fourth-order valence-electron chi connectivity index (χ4n) is 1.93. The summed E-state index contributed by atoms with van der Waals surface area (Å²) in [5, 5.41) is 32.1. The van der Waals surface area contributed by atoms with Crippen molar-refractivity contribution >= 4 is 0 Å². The number of aromatic amines is 1. The number of nitrogens with zero attached hydrogens (tertiary/aromatic N) is 2. The third-order valence-electron chi connectivity index (χ3n) is 3.02. The van der Waals surface area contributed by atoms with Crippen LogP contribution < -0.4 is 11.2 Å². The Morgan fingerprint density at radius 1 is 1.47 bits per heavy atom. The van der Waals surface area contributed by atoms with Crippen molar-refractivity contribution in [1.82, 2.24) is 14.8 Å². The van der Waals surface area contributed by atoms with Gasteiger partial charge in [-0.15, -0.1) is 0 Å². The molecule has 1 saturated heterocycles. The van der Waals surface area contributed by atoms with E-state index in [4.69, 9.17) is 9.84 Å². The van der Waals surface area contributed by atoms with Gasteiger partial charge in [0.15, 0.2) is 6.23 Å². The Kier molecular flexibility index (Phi) is 3.80. The van der Waals surface area contributed by atoms with E-state index in [0.29, 0.717) is 0 Å². The van der Waals surface area contributed by atoms with Gasteiger partial charge in [0, 0.05) is 6.42 Å². The third kappa shape index (κ3) is 2.59. The number of aryl methyl sites for hydroxylation is 1. The molecule has 0 aromatic carbocycles. The Morgan fingerprint density at radius 2 is 2.16 bits per heavy atom. The number of H-pyrrole nitrogens is 1. The number of nitrogens with one attached hydrogen (secondary N) is 1. The fourth-order valence-corrected chi connectivity index (χ4v) is 1.93. The van der Waals surface area contributed by atoms with Gasteiger partial charge in [0.2, 0.25) is 0 Å². The molecule has 9 nitrogen and oxygen atoms in total.